The van der Waals surface area contributed by atoms with Gasteiger partial charge in [-0.3, -0.25) is 4.79 Å². The highest BCUT2D eigenvalue weighted by Crippen LogP contribution is 2.21. The molecule has 1 atom stereocenters. The van der Waals surface area contributed by atoms with Crippen molar-refractivity contribution in [1.82, 2.24) is 10.5 Å². The molecule has 1 aromatic carbocycles. The van der Waals surface area contributed by atoms with Crippen LogP contribution in [-0.2, 0) is 16.0 Å². The van der Waals surface area contributed by atoms with E-state index in [4.69, 9.17) is 4.52 Å². The summed E-state index contributed by atoms with van der Waals surface area (Å²) in [4.78, 5) is 23.3. The second-order valence-electron chi connectivity index (χ2n) is 6.01. The number of hydrogen-bond acceptors (Lipinski definition) is 4. The van der Waals surface area contributed by atoms with Gasteiger partial charge in [-0.05, 0) is 17.5 Å². The van der Waals surface area contributed by atoms with Crippen LogP contribution in [0, 0.1) is 5.41 Å². The highest BCUT2D eigenvalue weighted by molar-refractivity contribution is 5.88. The highest BCUT2D eigenvalue weighted by atomic mass is 16.5. The van der Waals surface area contributed by atoms with Gasteiger partial charge >= 0.3 is 5.97 Å². The minimum Gasteiger partial charge on any atom is -0.480 e. The molecule has 1 aromatic heterocycles. The zero-order valence-electron chi connectivity index (χ0n) is 12.2. The fraction of sp³-hybridized carbons (Fsp3) is 0.400. The van der Waals surface area contributed by atoms with E-state index in [2.05, 4.69) is 10.5 Å². The Labute approximate surface area is 122 Å². The van der Waals surface area contributed by atoms with Crippen molar-refractivity contribution in [3.63, 3.8) is 0 Å². The van der Waals surface area contributed by atoms with E-state index in [1.165, 1.54) is 0 Å². The maximum atomic E-state index is 12.1. The van der Waals surface area contributed by atoms with Gasteiger partial charge in [-0.15, -0.1) is 0 Å². The third-order valence-corrected chi connectivity index (χ3v) is 3.20. The number of hydrogen-bond donors (Lipinski definition) is 2. The highest BCUT2D eigenvalue weighted by Gasteiger charge is 2.32. The predicted octanol–water partition coefficient (Wildman–Crippen LogP) is 1.99. The molecule has 0 spiro atoms. The quantitative estimate of drug-likeness (QED) is 0.898. The number of carboxylic acids is 1. The average Bonchev–Trinajstić information content (AvgIpc) is 2.78. The fourth-order valence-electron chi connectivity index (χ4n) is 2.08. The molecule has 0 saturated heterocycles. The normalized spacial score (nSPS) is 13.1. The first-order chi connectivity index (χ1) is 9.79. The summed E-state index contributed by atoms with van der Waals surface area (Å²) in [6.07, 6.45) is -0.0170. The van der Waals surface area contributed by atoms with Crippen LogP contribution in [-0.4, -0.2) is 28.2 Å². The third kappa shape index (κ3) is 3.39. The lowest BCUT2D eigenvalue weighted by molar-refractivity contribution is -0.144. The van der Waals surface area contributed by atoms with E-state index in [0.29, 0.717) is 11.3 Å². The lowest BCUT2D eigenvalue weighted by Crippen LogP contribution is -2.49. The molecular formula is C15H18N2O4. The van der Waals surface area contributed by atoms with E-state index < -0.39 is 23.3 Å². The van der Waals surface area contributed by atoms with Gasteiger partial charge < -0.3 is 14.9 Å². The molecule has 2 aromatic rings. The molecule has 6 nitrogen and oxygen atoms in total. The number of carbonyl (C=O) groups excluding carboxylic acids is 1. The van der Waals surface area contributed by atoms with Gasteiger partial charge in [-0.25, -0.2) is 4.79 Å². The summed E-state index contributed by atoms with van der Waals surface area (Å²) < 4.78 is 5.12. The number of rotatable bonds is 4. The molecule has 21 heavy (non-hydrogen) atoms. The number of aliphatic carboxylic acids is 1. The number of nitrogens with zero attached hydrogens (tertiary/aromatic N) is 1. The molecule has 0 fully saturated rings. The van der Waals surface area contributed by atoms with Crippen LogP contribution < -0.4 is 5.32 Å². The van der Waals surface area contributed by atoms with Crippen molar-refractivity contribution >= 4 is 22.8 Å². The predicted molar refractivity (Wildman–Crippen MR) is 76.7 cm³/mol. The maximum Gasteiger partial charge on any atom is 0.326 e. The van der Waals surface area contributed by atoms with E-state index in [0.717, 1.165) is 5.39 Å². The van der Waals surface area contributed by atoms with Crippen LogP contribution >= 0.6 is 0 Å². The first kappa shape index (κ1) is 15.0. The van der Waals surface area contributed by atoms with Gasteiger partial charge in [0.15, 0.2) is 5.58 Å². The topological polar surface area (TPSA) is 92.4 Å². The van der Waals surface area contributed by atoms with Crippen molar-refractivity contribution in [3.05, 3.63) is 30.0 Å². The van der Waals surface area contributed by atoms with E-state index >= 15 is 0 Å². The standard InChI is InChI=1S/C15H18N2O4/c1-15(2,3)13(14(19)20)16-12(18)8-10-9-6-4-5-7-11(9)21-17-10/h4-7,13H,8H2,1-3H3,(H,16,18)(H,19,20)/t13-/m1/s1. The molecule has 1 amide bonds. The van der Waals surface area contributed by atoms with Crippen LogP contribution in [0.2, 0.25) is 0 Å². The van der Waals surface area contributed by atoms with Gasteiger partial charge in [0.1, 0.15) is 11.7 Å². The molecule has 6 heteroatoms. The molecule has 112 valence electrons. The van der Waals surface area contributed by atoms with Gasteiger partial charge in [0.05, 0.1) is 6.42 Å². The summed E-state index contributed by atoms with van der Waals surface area (Å²) >= 11 is 0. The van der Waals surface area contributed by atoms with Crippen molar-refractivity contribution in [2.45, 2.75) is 33.2 Å². The van der Waals surface area contributed by atoms with Gasteiger partial charge in [0, 0.05) is 5.39 Å². The molecule has 0 unspecified atom stereocenters. The smallest absolute Gasteiger partial charge is 0.326 e. The van der Waals surface area contributed by atoms with E-state index in [9.17, 15) is 14.7 Å². The largest absolute Gasteiger partial charge is 0.480 e. The summed E-state index contributed by atoms with van der Waals surface area (Å²) in [6.45, 7) is 5.28. The SMILES string of the molecule is CC(C)(C)[C@H](NC(=O)Cc1noc2ccccc12)C(=O)O. The fourth-order valence-corrected chi connectivity index (χ4v) is 2.08. The van der Waals surface area contributed by atoms with Crippen molar-refractivity contribution in [3.8, 4) is 0 Å². The summed E-state index contributed by atoms with van der Waals surface area (Å²) in [5.74, 6) is -1.45. The number of para-hydroxylation sites is 1. The Balaban J connectivity index is 2.13. The Morgan fingerprint density at radius 2 is 2.00 bits per heavy atom. The average molecular weight is 290 g/mol. The van der Waals surface area contributed by atoms with Crippen LogP contribution in [0.25, 0.3) is 11.0 Å². The van der Waals surface area contributed by atoms with Crippen molar-refractivity contribution < 1.29 is 19.2 Å². The number of benzene rings is 1. The van der Waals surface area contributed by atoms with E-state index in [1.54, 1.807) is 26.8 Å². The van der Waals surface area contributed by atoms with Crippen LogP contribution in [0.4, 0.5) is 0 Å². The Hall–Kier alpha value is -2.37. The molecule has 1 heterocycles. The molecule has 0 bridgehead atoms. The number of fused-ring (bicyclic) bond motifs is 1. The minimum atomic E-state index is -1.05. The Morgan fingerprint density at radius 1 is 1.33 bits per heavy atom. The molecule has 2 rings (SSSR count). The Kier molecular flexibility index (Phi) is 3.97. The second-order valence-corrected chi connectivity index (χ2v) is 6.01. The first-order valence-corrected chi connectivity index (χ1v) is 6.64. The number of nitrogens with one attached hydrogen (secondary N) is 1. The monoisotopic (exact) mass is 290 g/mol. The molecule has 0 saturated carbocycles. The first-order valence-electron chi connectivity index (χ1n) is 6.64. The molecule has 0 aliphatic carbocycles. The molecule has 2 N–H and O–H groups in total. The van der Waals surface area contributed by atoms with Crippen LogP contribution in [0.1, 0.15) is 26.5 Å². The lowest BCUT2D eigenvalue weighted by Gasteiger charge is -2.27. The van der Waals surface area contributed by atoms with Gasteiger partial charge in [-0.1, -0.05) is 38.1 Å². The van der Waals surface area contributed by atoms with Crippen molar-refractivity contribution in [2.75, 3.05) is 0 Å². The molecular weight excluding hydrogens is 272 g/mol. The second kappa shape index (κ2) is 5.55. The van der Waals surface area contributed by atoms with Gasteiger partial charge in [-0.2, -0.15) is 0 Å². The molecule has 0 radical (unpaired) electrons. The number of carbonyl (C=O) groups is 2. The minimum absolute atomic E-state index is 0.0170. The van der Waals surface area contributed by atoms with Crippen LogP contribution in [0.3, 0.4) is 0 Å². The number of carboxylic acid groups (broad SMARTS) is 1. The van der Waals surface area contributed by atoms with Gasteiger partial charge in [0.2, 0.25) is 5.91 Å². The van der Waals surface area contributed by atoms with Crippen molar-refractivity contribution in [1.29, 1.82) is 0 Å². The van der Waals surface area contributed by atoms with Crippen LogP contribution in [0.5, 0.6) is 0 Å². The van der Waals surface area contributed by atoms with Crippen LogP contribution in [0.15, 0.2) is 28.8 Å². The summed E-state index contributed by atoms with van der Waals surface area (Å²) in [5, 5.41) is 16.4. The maximum absolute atomic E-state index is 12.1. The summed E-state index contributed by atoms with van der Waals surface area (Å²) in [7, 11) is 0. The van der Waals surface area contributed by atoms with Crippen molar-refractivity contribution in [2.24, 2.45) is 5.41 Å². The lowest BCUT2D eigenvalue weighted by atomic mass is 9.86. The summed E-state index contributed by atoms with van der Waals surface area (Å²) in [5.41, 5.74) is 0.528. The summed E-state index contributed by atoms with van der Waals surface area (Å²) in [6, 6.07) is 6.27. The molecule has 0 aliphatic rings. The third-order valence-electron chi connectivity index (χ3n) is 3.20. The van der Waals surface area contributed by atoms with E-state index in [-0.39, 0.29) is 6.42 Å². The molecule has 0 aliphatic heterocycles. The number of amides is 1. The Morgan fingerprint density at radius 3 is 2.62 bits per heavy atom. The van der Waals surface area contributed by atoms with Gasteiger partial charge in [0.25, 0.3) is 0 Å². The zero-order chi connectivity index (χ0) is 15.6. The van der Waals surface area contributed by atoms with E-state index in [1.807, 2.05) is 18.2 Å². The Bertz CT molecular complexity index is 670. The zero-order valence-corrected chi connectivity index (χ0v) is 12.2. The number of aromatic nitrogens is 1.